The van der Waals surface area contributed by atoms with Crippen molar-refractivity contribution < 1.29 is 4.79 Å². The van der Waals surface area contributed by atoms with Gasteiger partial charge >= 0.3 is 0 Å². The lowest BCUT2D eigenvalue weighted by Gasteiger charge is -2.26. The zero-order chi connectivity index (χ0) is 14.1. The van der Waals surface area contributed by atoms with Gasteiger partial charge in [0.2, 0.25) is 0 Å². The molecule has 0 saturated heterocycles. The molecule has 1 aromatic heterocycles. The molecule has 1 heterocycles. The number of hydrogen-bond donors (Lipinski definition) is 2. The molecule has 1 amide bonds. The van der Waals surface area contributed by atoms with Crippen LogP contribution in [0, 0.1) is 0 Å². The summed E-state index contributed by atoms with van der Waals surface area (Å²) >= 11 is 4.84. The number of nitrogens with two attached hydrogens (primary N) is 1. The van der Waals surface area contributed by atoms with Gasteiger partial charge in [0.1, 0.15) is 0 Å². The Morgan fingerprint density at radius 2 is 2.20 bits per heavy atom. The van der Waals surface area contributed by atoms with E-state index in [1.807, 2.05) is 30.3 Å². The first-order valence-corrected chi connectivity index (χ1v) is 8.19. The standard InChI is InChI=1S/C15H15BrN2OS/c16-14-7-6-13(20-14)15(19)18-12-3-1-2-9-8-10(17)4-5-11(9)12/h4-8,12H,1-3,17H2,(H,18,19). The van der Waals surface area contributed by atoms with Crippen LogP contribution in [-0.2, 0) is 6.42 Å². The molecule has 0 radical (unpaired) electrons. The second-order valence-electron chi connectivity index (χ2n) is 4.98. The highest BCUT2D eigenvalue weighted by molar-refractivity contribution is 9.11. The van der Waals surface area contributed by atoms with Crippen molar-refractivity contribution in [3.8, 4) is 0 Å². The maximum atomic E-state index is 12.3. The van der Waals surface area contributed by atoms with E-state index >= 15 is 0 Å². The Labute approximate surface area is 130 Å². The molecule has 1 aromatic carbocycles. The van der Waals surface area contributed by atoms with Gasteiger partial charge in [0.15, 0.2) is 0 Å². The molecule has 3 nitrogen and oxygen atoms in total. The quantitative estimate of drug-likeness (QED) is 0.807. The Kier molecular flexibility index (Phi) is 3.81. The fourth-order valence-electron chi connectivity index (χ4n) is 2.65. The van der Waals surface area contributed by atoms with Crippen LogP contribution in [0.4, 0.5) is 5.69 Å². The third-order valence-electron chi connectivity index (χ3n) is 3.58. The summed E-state index contributed by atoms with van der Waals surface area (Å²) in [6.07, 6.45) is 3.10. The number of carbonyl (C=O) groups is 1. The zero-order valence-electron chi connectivity index (χ0n) is 10.9. The molecule has 0 aliphatic heterocycles. The predicted molar refractivity (Wildman–Crippen MR) is 86.0 cm³/mol. The van der Waals surface area contributed by atoms with Crippen molar-refractivity contribution in [3.63, 3.8) is 0 Å². The number of thiophene rings is 1. The van der Waals surface area contributed by atoms with Gasteiger partial charge in [-0.3, -0.25) is 4.79 Å². The van der Waals surface area contributed by atoms with Crippen molar-refractivity contribution in [1.82, 2.24) is 5.32 Å². The summed E-state index contributed by atoms with van der Waals surface area (Å²) in [5.74, 6) is -0.00428. The van der Waals surface area contributed by atoms with Crippen LogP contribution >= 0.6 is 27.3 Å². The van der Waals surface area contributed by atoms with Crippen molar-refractivity contribution in [2.24, 2.45) is 0 Å². The predicted octanol–water partition coefficient (Wildman–Crippen LogP) is 3.90. The highest BCUT2D eigenvalue weighted by Crippen LogP contribution is 2.31. The van der Waals surface area contributed by atoms with Gasteiger partial charge in [-0.1, -0.05) is 6.07 Å². The first kappa shape index (κ1) is 13.6. The SMILES string of the molecule is Nc1ccc2c(c1)CCCC2NC(=O)c1ccc(Br)s1. The van der Waals surface area contributed by atoms with Crippen LogP contribution in [-0.4, -0.2) is 5.91 Å². The van der Waals surface area contributed by atoms with E-state index in [-0.39, 0.29) is 11.9 Å². The summed E-state index contributed by atoms with van der Waals surface area (Å²) in [4.78, 5) is 13.0. The molecule has 0 spiro atoms. The zero-order valence-corrected chi connectivity index (χ0v) is 13.3. The van der Waals surface area contributed by atoms with Crippen LogP contribution in [0.1, 0.15) is 39.7 Å². The number of nitrogen functional groups attached to an aromatic ring is 1. The van der Waals surface area contributed by atoms with Crippen molar-refractivity contribution in [1.29, 1.82) is 0 Å². The van der Waals surface area contributed by atoms with E-state index in [1.54, 1.807) is 0 Å². The minimum Gasteiger partial charge on any atom is -0.399 e. The number of aryl methyl sites for hydroxylation is 1. The lowest BCUT2D eigenvalue weighted by atomic mass is 9.87. The number of benzene rings is 1. The van der Waals surface area contributed by atoms with Crippen molar-refractivity contribution in [2.75, 3.05) is 5.73 Å². The van der Waals surface area contributed by atoms with Gasteiger partial charge in [0, 0.05) is 5.69 Å². The molecule has 3 rings (SSSR count). The van der Waals surface area contributed by atoms with E-state index in [1.165, 1.54) is 22.5 Å². The molecule has 3 N–H and O–H groups in total. The average Bonchev–Trinajstić information content (AvgIpc) is 2.85. The van der Waals surface area contributed by atoms with Crippen molar-refractivity contribution in [2.45, 2.75) is 25.3 Å². The molecule has 1 atom stereocenters. The van der Waals surface area contributed by atoms with Crippen LogP contribution in [0.25, 0.3) is 0 Å². The Hall–Kier alpha value is -1.33. The number of fused-ring (bicyclic) bond motifs is 1. The van der Waals surface area contributed by atoms with Gasteiger partial charge in [-0.15, -0.1) is 11.3 Å². The fourth-order valence-corrected chi connectivity index (χ4v) is 3.94. The molecule has 20 heavy (non-hydrogen) atoms. The summed E-state index contributed by atoms with van der Waals surface area (Å²) in [5, 5.41) is 3.13. The molecule has 1 aliphatic rings. The fraction of sp³-hybridized carbons (Fsp3) is 0.267. The summed E-state index contributed by atoms with van der Waals surface area (Å²) in [6.45, 7) is 0. The first-order valence-electron chi connectivity index (χ1n) is 6.58. The number of hydrogen-bond acceptors (Lipinski definition) is 3. The minimum absolute atomic E-state index is 0.00428. The van der Waals surface area contributed by atoms with Gasteiger partial charge in [0.25, 0.3) is 5.91 Å². The van der Waals surface area contributed by atoms with Crippen LogP contribution in [0.15, 0.2) is 34.1 Å². The number of rotatable bonds is 2. The third-order valence-corrected chi connectivity index (χ3v) is 5.21. The maximum absolute atomic E-state index is 12.3. The number of carbonyl (C=O) groups excluding carboxylic acids is 1. The van der Waals surface area contributed by atoms with Gasteiger partial charge in [-0.2, -0.15) is 0 Å². The minimum atomic E-state index is -0.00428. The second kappa shape index (κ2) is 5.58. The highest BCUT2D eigenvalue weighted by atomic mass is 79.9. The van der Waals surface area contributed by atoms with E-state index < -0.39 is 0 Å². The van der Waals surface area contributed by atoms with E-state index in [2.05, 4.69) is 21.2 Å². The summed E-state index contributed by atoms with van der Waals surface area (Å²) in [7, 11) is 0. The van der Waals surface area contributed by atoms with E-state index in [4.69, 9.17) is 5.73 Å². The monoisotopic (exact) mass is 350 g/mol. The maximum Gasteiger partial charge on any atom is 0.261 e. The van der Waals surface area contributed by atoms with E-state index in [0.717, 1.165) is 33.6 Å². The lowest BCUT2D eigenvalue weighted by Crippen LogP contribution is -2.30. The van der Waals surface area contributed by atoms with E-state index in [0.29, 0.717) is 0 Å². The van der Waals surface area contributed by atoms with Crippen LogP contribution in [0.5, 0.6) is 0 Å². The third kappa shape index (κ3) is 2.74. The topological polar surface area (TPSA) is 55.1 Å². The molecule has 0 bridgehead atoms. The Morgan fingerprint density at radius 3 is 2.95 bits per heavy atom. The molecule has 0 saturated carbocycles. The van der Waals surface area contributed by atoms with Crippen LogP contribution in [0.3, 0.4) is 0 Å². The molecular formula is C15H15BrN2OS. The molecular weight excluding hydrogens is 336 g/mol. The van der Waals surface area contributed by atoms with Crippen molar-refractivity contribution in [3.05, 3.63) is 50.1 Å². The highest BCUT2D eigenvalue weighted by Gasteiger charge is 2.22. The van der Waals surface area contributed by atoms with Gasteiger partial charge in [-0.25, -0.2) is 0 Å². The number of halogens is 1. The number of anilines is 1. The molecule has 1 unspecified atom stereocenters. The van der Waals surface area contributed by atoms with Crippen LogP contribution < -0.4 is 11.1 Å². The van der Waals surface area contributed by atoms with Gasteiger partial charge < -0.3 is 11.1 Å². The number of nitrogens with one attached hydrogen (secondary N) is 1. The molecule has 1 aliphatic carbocycles. The Balaban J connectivity index is 1.81. The molecule has 2 aromatic rings. The van der Waals surface area contributed by atoms with Gasteiger partial charge in [-0.05, 0) is 70.6 Å². The first-order chi connectivity index (χ1) is 9.63. The largest absolute Gasteiger partial charge is 0.399 e. The summed E-state index contributed by atoms with van der Waals surface area (Å²) in [5.41, 5.74) is 9.08. The molecule has 0 fully saturated rings. The number of amides is 1. The van der Waals surface area contributed by atoms with Gasteiger partial charge in [0.05, 0.1) is 14.7 Å². The Morgan fingerprint density at radius 1 is 1.35 bits per heavy atom. The van der Waals surface area contributed by atoms with Crippen molar-refractivity contribution >= 4 is 38.9 Å². The molecule has 5 heteroatoms. The normalized spacial score (nSPS) is 17.6. The van der Waals surface area contributed by atoms with Crippen LogP contribution in [0.2, 0.25) is 0 Å². The summed E-state index contributed by atoms with van der Waals surface area (Å²) < 4.78 is 0.972. The smallest absolute Gasteiger partial charge is 0.261 e. The van der Waals surface area contributed by atoms with E-state index in [9.17, 15) is 4.79 Å². The molecule has 104 valence electrons. The lowest BCUT2D eigenvalue weighted by molar-refractivity contribution is 0.0937. The second-order valence-corrected chi connectivity index (χ2v) is 7.44. The average molecular weight is 351 g/mol. The summed E-state index contributed by atoms with van der Waals surface area (Å²) in [6, 6.07) is 9.80. The Bertz CT molecular complexity index is 653.